The lowest BCUT2D eigenvalue weighted by Crippen LogP contribution is -2.62. The standard InChI is InChI=1S/C20H23BrO5S/c1-3-13-4-5-14(27-13)6-11-7-15-12(8-16(11)21)9-25-20(15)19(24)18(23)17(22)10(2)26-20/h4-5,7-8,10,17-19,22-24H,3,6,9H2,1-2H3/t10-,17-,18+,19-,20+/m1/s1. The zero-order chi connectivity index (χ0) is 19.3. The van der Waals surface area contributed by atoms with E-state index in [2.05, 4.69) is 35.0 Å². The van der Waals surface area contributed by atoms with Gasteiger partial charge in [0.15, 0.2) is 0 Å². The molecule has 1 fully saturated rings. The maximum atomic E-state index is 10.7. The van der Waals surface area contributed by atoms with Crippen molar-refractivity contribution in [1.29, 1.82) is 0 Å². The van der Waals surface area contributed by atoms with Crippen LogP contribution in [-0.4, -0.2) is 39.7 Å². The molecule has 0 bridgehead atoms. The van der Waals surface area contributed by atoms with Crippen LogP contribution >= 0.6 is 27.3 Å². The van der Waals surface area contributed by atoms with E-state index in [0.717, 1.165) is 34.0 Å². The summed E-state index contributed by atoms with van der Waals surface area (Å²) in [7, 11) is 0. The Balaban J connectivity index is 1.72. The Labute approximate surface area is 170 Å². The van der Waals surface area contributed by atoms with Crippen LogP contribution in [0.5, 0.6) is 0 Å². The number of aryl methyl sites for hydroxylation is 1. The summed E-state index contributed by atoms with van der Waals surface area (Å²) in [6.45, 7) is 4.09. The van der Waals surface area contributed by atoms with Crippen LogP contribution in [0.1, 0.15) is 40.3 Å². The van der Waals surface area contributed by atoms with Gasteiger partial charge in [0.25, 0.3) is 0 Å². The van der Waals surface area contributed by atoms with Gasteiger partial charge in [0.1, 0.15) is 18.3 Å². The van der Waals surface area contributed by atoms with E-state index >= 15 is 0 Å². The van der Waals surface area contributed by atoms with E-state index in [1.165, 1.54) is 9.75 Å². The highest BCUT2D eigenvalue weighted by molar-refractivity contribution is 9.10. The third-order valence-electron chi connectivity index (χ3n) is 5.42. The van der Waals surface area contributed by atoms with E-state index < -0.39 is 30.2 Å². The van der Waals surface area contributed by atoms with Gasteiger partial charge in [-0.2, -0.15) is 0 Å². The molecule has 0 unspecified atom stereocenters. The number of fused-ring (bicyclic) bond motifs is 2. The van der Waals surface area contributed by atoms with Crippen LogP contribution in [0.15, 0.2) is 28.7 Å². The fourth-order valence-electron chi connectivity index (χ4n) is 3.84. The van der Waals surface area contributed by atoms with Crippen molar-refractivity contribution >= 4 is 27.3 Å². The van der Waals surface area contributed by atoms with Gasteiger partial charge in [-0.3, -0.25) is 0 Å². The maximum absolute atomic E-state index is 10.7. The third-order valence-corrected chi connectivity index (χ3v) is 7.39. The van der Waals surface area contributed by atoms with Gasteiger partial charge < -0.3 is 24.8 Å². The van der Waals surface area contributed by atoms with Crippen molar-refractivity contribution in [2.75, 3.05) is 0 Å². The number of aliphatic hydroxyl groups is 3. The van der Waals surface area contributed by atoms with E-state index in [0.29, 0.717) is 0 Å². The Morgan fingerprint density at radius 3 is 2.63 bits per heavy atom. The highest BCUT2D eigenvalue weighted by atomic mass is 79.9. The molecule has 1 spiro atoms. The molecule has 0 saturated carbocycles. The number of hydrogen-bond donors (Lipinski definition) is 3. The Kier molecular flexibility index (Phi) is 5.22. The van der Waals surface area contributed by atoms with Crippen LogP contribution in [0.2, 0.25) is 0 Å². The number of thiophene rings is 1. The summed E-state index contributed by atoms with van der Waals surface area (Å²) in [5.74, 6) is -1.45. The normalized spacial score (nSPS) is 32.8. The molecule has 0 radical (unpaired) electrons. The van der Waals surface area contributed by atoms with Gasteiger partial charge in [-0.05, 0) is 48.7 Å². The zero-order valence-corrected chi connectivity index (χ0v) is 17.6. The van der Waals surface area contributed by atoms with Gasteiger partial charge in [-0.15, -0.1) is 11.3 Å². The smallest absolute Gasteiger partial charge is 0.225 e. The van der Waals surface area contributed by atoms with Gasteiger partial charge in [0.05, 0.1) is 12.7 Å². The number of benzene rings is 1. The Morgan fingerprint density at radius 2 is 1.93 bits per heavy atom. The molecule has 27 heavy (non-hydrogen) atoms. The molecule has 2 aliphatic rings. The Hall–Kier alpha value is -0.800. The second-order valence-corrected chi connectivity index (χ2v) is 9.31. The summed E-state index contributed by atoms with van der Waals surface area (Å²) < 4.78 is 12.8. The van der Waals surface area contributed by atoms with Crippen molar-refractivity contribution in [1.82, 2.24) is 0 Å². The first kappa shape index (κ1) is 19.5. The van der Waals surface area contributed by atoms with Crippen LogP contribution in [0.3, 0.4) is 0 Å². The number of rotatable bonds is 3. The molecule has 0 amide bonds. The average Bonchev–Trinajstić information content (AvgIpc) is 3.24. The highest BCUT2D eigenvalue weighted by Crippen LogP contribution is 2.47. The number of hydrogen-bond acceptors (Lipinski definition) is 6. The molecular weight excluding hydrogens is 432 g/mol. The average molecular weight is 455 g/mol. The van der Waals surface area contributed by atoms with E-state index in [1.807, 2.05) is 12.1 Å². The van der Waals surface area contributed by atoms with Crippen molar-refractivity contribution in [2.24, 2.45) is 0 Å². The Morgan fingerprint density at radius 1 is 1.19 bits per heavy atom. The maximum Gasteiger partial charge on any atom is 0.225 e. The minimum Gasteiger partial charge on any atom is -0.388 e. The van der Waals surface area contributed by atoms with Crippen molar-refractivity contribution in [2.45, 2.75) is 63.5 Å². The van der Waals surface area contributed by atoms with Gasteiger partial charge in [-0.1, -0.05) is 22.9 Å². The Bertz CT molecular complexity index is 853. The van der Waals surface area contributed by atoms with Crippen molar-refractivity contribution in [3.05, 3.63) is 55.2 Å². The number of halogens is 1. The number of aliphatic hydroxyl groups excluding tert-OH is 3. The monoisotopic (exact) mass is 454 g/mol. The summed E-state index contributed by atoms with van der Waals surface area (Å²) in [4.78, 5) is 2.61. The highest BCUT2D eigenvalue weighted by Gasteiger charge is 2.57. The summed E-state index contributed by atoms with van der Waals surface area (Å²) in [5.41, 5.74) is 2.69. The van der Waals surface area contributed by atoms with Crippen LogP contribution < -0.4 is 0 Å². The molecule has 0 aliphatic carbocycles. The van der Waals surface area contributed by atoms with Crippen LogP contribution in [0, 0.1) is 0 Å². The van der Waals surface area contributed by atoms with Crippen LogP contribution in [0.4, 0.5) is 0 Å². The van der Waals surface area contributed by atoms with E-state index in [9.17, 15) is 15.3 Å². The molecule has 1 aromatic heterocycles. The second kappa shape index (κ2) is 7.22. The molecule has 146 valence electrons. The molecule has 3 N–H and O–H groups in total. The SMILES string of the molecule is CCc1ccc(Cc2cc3c(cc2Br)CO[C@]32O[C@H](C)[C@@H](O)[C@H](O)[C@H]2O)s1. The van der Waals surface area contributed by atoms with E-state index in [-0.39, 0.29) is 6.61 Å². The van der Waals surface area contributed by atoms with Crippen LogP contribution in [0.25, 0.3) is 0 Å². The largest absolute Gasteiger partial charge is 0.388 e. The molecule has 1 aromatic carbocycles. The molecular formula is C20H23BrO5S. The molecule has 2 aliphatic heterocycles. The minimum atomic E-state index is -1.45. The van der Waals surface area contributed by atoms with Gasteiger partial charge in [0.2, 0.25) is 5.79 Å². The van der Waals surface area contributed by atoms with Crippen molar-refractivity contribution in [3.8, 4) is 0 Å². The van der Waals surface area contributed by atoms with E-state index in [1.54, 1.807) is 18.3 Å². The molecule has 2 aromatic rings. The number of ether oxygens (including phenoxy) is 2. The first-order valence-electron chi connectivity index (χ1n) is 9.11. The topological polar surface area (TPSA) is 79.2 Å². The van der Waals surface area contributed by atoms with Crippen LogP contribution in [-0.2, 0) is 34.7 Å². The summed E-state index contributed by atoms with van der Waals surface area (Å²) >= 11 is 5.44. The van der Waals surface area contributed by atoms with Gasteiger partial charge in [0, 0.05) is 26.2 Å². The van der Waals surface area contributed by atoms with Crippen molar-refractivity contribution in [3.63, 3.8) is 0 Å². The zero-order valence-electron chi connectivity index (χ0n) is 15.2. The third kappa shape index (κ3) is 3.19. The van der Waals surface area contributed by atoms with Gasteiger partial charge >= 0.3 is 0 Å². The van der Waals surface area contributed by atoms with E-state index in [4.69, 9.17) is 9.47 Å². The van der Waals surface area contributed by atoms with Crippen molar-refractivity contribution < 1.29 is 24.8 Å². The lowest BCUT2D eigenvalue weighted by atomic mass is 9.87. The fraction of sp³-hybridized carbons (Fsp3) is 0.500. The lowest BCUT2D eigenvalue weighted by molar-refractivity contribution is -0.362. The fourth-order valence-corrected chi connectivity index (χ4v) is 5.36. The predicted octanol–water partition coefficient (Wildman–Crippen LogP) is 2.85. The minimum absolute atomic E-state index is 0.278. The molecule has 3 heterocycles. The molecule has 4 rings (SSSR count). The molecule has 1 saturated heterocycles. The lowest BCUT2D eigenvalue weighted by Gasteiger charge is -2.45. The summed E-state index contributed by atoms with van der Waals surface area (Å²) in [5, 5.41) is 31.0. The molecule has 7 heteroatoms. The van der Waals surface area contributed by atoms with Gasteiger partial charge in [-0.25, -0.2) is 0 Å². The second-order valence-electron chi connectivity index (χ2n) is 7.20. The predicted molar refractivity (Wildman–Crippen MR) is 106 cm³/mol. The molecule has 5 nitrogen and oxygen atoms in total. The summed E-state index contributed by atoms with van der Waals surface area (Å²) in [6.07, 6.45) is -2.75. The summed E-state index contributed by atoms with van der Waals surface area (Å²) in [6, 6.07) is 8.27. The quantitative estimate of drug-likeness (QED) is 0.664. The first-order valence-corrected chi connectivity index (χ1v) is 10.7. The first-order chi connectivity index (χ1) is 12.9. The molecule has 5 atom stereocenters.